The van der Waals surface area contributed by atoms with E-state index in [9.17, 15) is 4.79 Å². The number of ether oxygens (including phenoxy) is 3. The summed E-state index contributed by atoms with van der Waals surface area (Å²) in [5.41, 5.74) is 4.46. The number of hydrogen-bond acceptors (Lipinski definition) is 6. The van der Waals surface area contributed by atoms with Crippen molar-refractivity contribution < 1.29 is 19.0 Å². The lowest BCUT2D eigenvalue weighted by Gasteiger charge is -2.36. The number of carbonyl (C=O) groups is 1. The highest BCUT2D eigenvalue weighted by atomic mass is 16.5. The minimum absolute atomic E-state index is 0.0906. The summed E-state index contributed by atoms with van der Waals surface area (Å²) in [6, 6.07) is 12.1. The zero-order chi connectivity index (χ0) is 22.5. The molecule has 7 heteroatoms. The normalized spacial score (nSPS) is 17.4. The summed E-state index contributed by atoms with van der Waals surface area (Å²) < 4.78 is 16.2. The number of aryl methyl sites for hydroxylation is 1. The largest absolute Gasteiger partial charge is 0.497 e. The highest BCUT2D eigenvalue weighted by Gasteiger charge is 2.25. The van der Waals surface area contributed by atoms with Gasteiger partial charge >= 0.3 is 0 Å². The first kappa shape index (κ1) is 22.4. The molecular weight excluding hydrogens is 406 g/mol. The summed E-state index contributed by atoms with van der Waals surface area (Å²) >= 11 is 0. The van der Waals surface area contributed by atoms with Crippen LogP contribution in [0.4, 0.5) is 5.69 Å². The number of nitrogens with zero attached hydrogens (tertiary/aromatic N) is 2. The molecule has 1 atom stereocenters. The summed E-state index contributed by atoms with van der Waals surface area (Å²) in [6.07, 6.45) is 2.27. The van der Waals surface area contributed by atoms with E-state index in [-0.39, 0.29) is 11.9 Å². The van der Waals surface area contributed by atoms with E-state index in [4.69, 9.17) is 14.2 Å². The molecule has 7 nitrogen and oxygen atoms in total. The van der Waals surface area contributed by atoms with Crippen LogP contribution in [0.1, 0.15) is 33.9 Å². The molecular formula is C25H33N3O4. The second-order valence-electron chi connectivity index (χ2n) is 8.39. The Kier molecular flexibility index (Phi) is 7.17. The molecule has 2 aromatic rings. The average Bonchev–Trinajstić information content (AvgIpc) is 2.84. The van der Waals surface area contributed by atoms with Gasteiger partial charge in [0.1, 0.15) is 11.5 Å². The van der Waals surface area contributed by atoms with Gasteiger partial charge in [-0.25, -0.2) is 0 Å². The number of anilines is 1. The molecule has 0 radical (unpaired) electrons. The maximum atomic E-state index is 13.0. The standard InChI is InChI=1S/C25H33N3O4/c1-27-8-4-5-18-13-19(6-7-23(18)27)24(28-9-11-32-12-10-28)17-26-25(29)20-14-21(30-2)16-22(15-20)31-3/h6-7,13-16,24H,4-5,8-12,17H2,1-3H3,(H,26,29)/t24-/m1/s1. The van der Waals surface area contributed by atoms with Crippen LogP contribution in [0.5, 0.6) is 11.5 Å². The smallest absolute Gasteiger partial charge is 0.251 e. The molecule has 0 saturated carbocycles. The predicted octanol–water partition coefficient (Wildman–Crippen LogP) is 2.89. The third-order valence-corrected chi connectivity index (χ3v) is 6.40. The van der Waals surface area contributed by atoms with Gasteiger partial charge in [0.2, 0.25) is 0 Å². The number of rotatable bonds is 7. The Morgan fingerprint density at radius 2 is 1.78 bits per heavy atom. The van der Waals surface area contributed by atoms with Gasteiger partial charge in [-0.05, 0) is 42.2 Å². The van der Waals surface area contributed by atoms with Crippen molar-refractivity contribution in [3.8, 4) is 11.5 Å². The van der Waals surface area contributed by atoms with E-state index >= 15 is 0 Å². The number of nitrogens with one attached hydrogen (secondary N) is 1. The first-order valence-electron chi connectivity index (χ1n) is 11.3. The molecule has 0 unspecified atom stereocenters. The van der Waals surface area contributed by atoms with Crippen molar-refractivity contribution in [3.63, 3.8) is 0 Å². The van der Waals surface area contributed by atoms with Crippen molar-refractivity contribution in [1.29, 1.82) is 0 Å². The van der Waals surface area contributed by atoms with Crippen molar-refractivity contribution in [2.75, 3.05) is 65.6 Å². The van der Waals surface area contributed by atoms with Gasteiger partial charge in [-0.1, -0.05) is 12.1 Å². The minimum Gasteiger partial charge on any atom is -0.497 e. The molecule has 0 aromatic heterocycles. The molecule has 0 bridgehead atoms. The fourth-order valence-corrected chi connectivity index (χ4v) is 4.59. The van der Waals surface area contributed by atoms with Crippen molar-refractivity contribution in [2.24, 2.45) is 0 Å². The fourth-order valence-electron chi connectivity index (χ4n) is 4.59. The number of hydrogen-bond donors (Lipinski definition) is 1. The molecule has 32 heavy (non-hydrogen) atoms. The first-order valence-corrected chi connectivity index (χ1v) is 11.3. The van der Waals surface area contributed by atoms with Crippen LogP contribution in [-0.2, 0) is 11.2 Å². The fraction of sp³-hybridized carbons (Fsp3) is 0.480. The Morgan fingerprint density at radius 3 is 2.47 bits per heavy atom. The summed E-state index contributed by atoms with van der Waals surface area (Å²) in [4.78, 5) is 17.7. The molecule has 2 heterocycles. The third-order valence-electron chi connectivity index (χ3n) is 6.40. The Morgan fingerprint density at radius 1 is 1.06 bits per heavy atom. The molecule has 0 aliphatic carbocycles. The second-order valence-corrected chi connectivity index (χ2v) is 8.39. The lowest BCUT2D eigenvalue weighted by molar-refractivity contribution is 0.0162. The average molecular weight is 440 g/mol. The Balaban J connectivity index is 1.55. The molecule has 2 aromatic carbocycles. The Labute approximate surface area is 190 Å². The van der Waals surface area contributed by atoms with Crippen molar-refractivity contribution in [3.05, 3.63) is 53.1 Å². The predicted molar refractivity (Wildman–Crippen MR) is 125 cm³/mol. The van der Waals surface area contributed by atoms with Crippen LogP contribution in [0.15, 0.2) is 36.4 Å². The lowest BCUT2D eigenvalue weighted by Crippen LogP contribution is -2.44. The van der Waals surface area contributed by atoms with Crippen LogP contribution in [0.25, 0.3) is 0 Å². The molecule has 1 saturated heterocycles. The lowest BCUT2D eigenvalue weighted by atomic mass is 9.95. The van der Waals surface area contributed by atoms with Crippen molar-refractivity contribution in [1.82, 2.24) is 10.2 Å². The van der Waals surface area contributed by atoms with Crippen molar-refractivity contribution in [2.45, 2.75) is 18.9 Å². The van der Waals surface area contributed by atoms with Gasteiger partial charge in [-0.2, -0.15) is 0 Å². The maximum Gasteiger partial charge on any atom is 0.251 e. The zero-order valence-electron chi connectivity index (χ0n) is 19.2. The van der Waals surface area contributed by atoms with E-state index in [1.54, 1.807) is 32.4 Å². The highest BCUT2D eigenvalue weighted by molar-refractivity contribution is 5.95. The zero-order valence-corrected chi connectivity index (χ0v) is 19.2. The topological polar surface area (TPSA) is 63.3 Å². The number of fused-ring (bicyclic) bond motifs is 1. The summed E-state index contributed by atoms with van der Waals surface area (Å²) in [5.74, 6) is 1.05. The van der Waals surface area contributed by atoms with Crippen LogP contribution in [-0.4, -0.2) is 71.5 Å². The van der Waals surface area contributed by atoms with Crippen LogP contribution in [0.2, 0.25) is 0 Å². The number of amides is 1. The van der Waals surface area contributed by atoms with E-state index in [2.05, 4.69) is 40.4 Å². The monoisotopic (exact) mass is 439 g/mol. The third kappa shape index (κ3) is 5.00. The highest BCUT2D eigenvalue weighted by Crippen LogP contribution is 2.31. The minimum atomic E-state index is -0.141. The SMILES string of the molecule is COc1cc(OC)cc(C(=O)NC[C@H](c2ccc3c(c2)CCCN3C)N2CCOCC2)c1. The van der Waals surface area contributed by atoms with Gasteiger partial charge in [-0.3, -0.25) is 9.69 Å². The first-order chi connectivity index (χ1) is 15.6. The summed E-state index contributed by atoms with van der Waals surface area (Å²) in [6.45, 7) is 4.75. The number of methoxy groups -OCH3 is 2. The molecule has 4 rings (SSSR count). The molecule has 172 valence electrons. The van der Waals surface area contributed by atoms with Gasteiger partial charge in [0, 0.05) is 50.5 Å². The molecule has 1 N–H and O–H groups in total. The van der Waals surface area contributed by atoms with Crippen molar-refractivity contribution >= 4 is 11.6 Å². The molecule has 1 amide bonds. The van der Waals surface area contributed by atoms with E-state index in [1.807, 2.05) is 0 Å². The molecule has 0 spiro atoms. The van der Waals surface area contributed by atoms with E-state index < -0.39 is 0 Å². The number of benzene rings is 2. The Bertz CT molecular complexity index is 921. The maximum absolute atomic E-state index is 13.0. The van der Waals surface area contributed by atoms with Gasteiger partial charge in [0.25, 0.3) is 5.91 Å². The van der Waals surface area contributed by atoms with Gasteiger partial charge in [-0.15, -0.1) is 0 Å². The molecule has 2 aliphatic heterocycles. The van der Waals surface area contributed by atoms with Crippen LogP contribution in [0.3, 0.4) is 0 Å². The van der Waals surface area contributed by atoms with Gasteiger partial charge in [0.15, 0.2) is 0 Å². The summed E-state index contributed by atoms with van der Waals surface area (Å²) in [7, 11) is 5.32. The quantitative estimate of drug-likeness (QED) is 0.716. The number of morpholine rings is 1. The van der Waals surface area contributed by atoms with E-state index in [0.717, 1.165) is 26.1 Å². The van der Waals surface area contributed by atoms with Gasteiger partial charge in [0.05, 0.1) is 33.5 Å². The second kappa shape index (κ2) is 10.2. The van der Waals surface area contributed by atoms with E-state index in [1.165, 1.54) is 23.2 Å². The van der Waals surface area contributed by atoms with E-state index in [0.29, 0.717) is 36.8 Å². The van der Waals surface area contributed by atoms with Crippen LogP contribution >= 0.6 is 0 Å². The molecule has 2 aliphatic rings. The molecule has 1 fully saturated rings. The Hall–Kier alpha value is -2.77. The summed E-state index contributed by atoms with van der Waals surface area (Å²) in [5, 5.41) is 3.14. The van der Waals surface area contributed by atoms with Crippen LogP contribution < -0.4 is 19.7 Å². The number of carbonyl (C=O) groups excluding carboxylic acids is 1. The van der Waals surface area contributed by atoms with Gasteiger partial charge < -0.3 is 24.4 Å². The van der Waals surface area contributed by atoms with Crippen LogP contribution in [0, 0.1) is 0 Å².